The first-order valence-corrected chi connectivity index (χ1v) is 13.9. The Labute approximate surface area is 239 Å². The minimum Gasteiger partial charge on any atom is -0.857 e. The maximum atomic E-state index is 13.4. The molecule has 9 nitrogen and oxygen atoms in total. The molecular weight excluding hydrogens is 538 g/mol. The molecule has 10 heteroatoms. The van der Waals surface area contributed by atoms with Crippen LogP contribution < -0.4 is 25.0 Å². The van der Waals surface area contributed by atoms with Gasteiger partial charge in [0.2, 0.25) is 5.27 Å². The van der Waals surface area contributed by atoms with Crippen molar-refractivity contribution in [1.29, 1.82) is 0 Å². The Morgan fingerprint density at radius 3 is 2.66 bits per heavy atom. The van der Waals surface area contributed by atoms with Crippen LogP contribution in [0.2, 0.25) is 0 Å². The van der Waals surface area contributed by atoms with Gasteiger partial charge in [-0.15, -0.1) is 11.3 Å². The summed E-state index contributed by atoms with van der Waals surface area (Å²) in [4.78, 5) is 10.1. The molecule has 0 atom stereocenters. The van der Waals surface area contributed by atoms with Gasteiger partial charge in [0.1, 0.15) is 16.3 Å². The lowest BCUT2D eigenvalue weighted by molar-refractivity contribution is -0.765. The molecule has 0 radical (unpaired) electrons. The quantitative estimate of drug-likeness (QED) is 0.156. The van der Waals surface area contributed by atoms with E-state index in [9.17, 15) is 5.11 Å². The number of ether oxygens (including phenoxy) is 2. The van der Waals surface area contributed by atoms with Crippen LogP contribution in [-0.4, -0.2) is 30.4 Å². The maximum absolute atomic E-state index is 13.4. The van der Waals surface area contributed by atoms with Gasteiger partial charge in [-0.1, -0.05) is 42.5 Å². The number of nitrogens with two attached hydrogens (primary N) is 1. The van der Waals surface area contributed by atoms with E-state index in [4.69, 9.17) is 24.7 Å². The lowest BCUT2D eigenvalue weighted by atomic mass is 9.96. The molecule has 0 aliphatic heterocycles. The molecular formula is C31H25N5O4S. The van der Waals surface area contributed by atoms with E-state index in [1.54, 1.807) is 25.1 Å². The normalized spacial score (nSPS) is 13.7. The molecule has 1 aliphatic rings. The Hall–Kier alpha value is -4.96. The zero-order valence-corrected chi connectivity index (χ0v) is 23.1. The van der Waals surface area contributed by atoms with Crippen molar-refractivity contribution in [3.63, 3.8) is 0 Å². The predicted molar refractivity (Wildman–Crippen MR) is 157 cm³/mol. The van der Waals surface area contributed by atoms with Crippen LogP contribution in [0.5, 0.6) is 11.5 Å². The van der Waals surface area contributed by atoms with Crippen molar-refractivity contribution in [2.45, 2.75) is 18.9 Å². The van der Waals surface area contributed by atoms with Crippen molar-refractivity contribution < 1.29 is 23.8 Å². The molecule has 41 heavy (non-hydrogen) atoms. The zero-order valence-electron chi connectivity index (χ0n) is 22.3. The van der Waals surface area contributed by atoms with Gasteiger partial charge in [-0.25, -0.2) is 9.98 Å². The van der Waals surface area contributed by atoms with Crippen LogP contribution >= 0.6 is 11.3 Å². The number of methoxy groups -OCH3 is 2. The summed E-state index contributed by atoms with van der Waals surface area (Å²) in [5.74, 6) is 0.896. The number of pyridine rings is 1. The lowest BCUT2D eigenvalue weighted by Crippen LogP contribution is -2.32. The third kappa shape index (κ3) is 4.42. The Balaban J connectivity index is 1.45. The number of hydrogen-bond donors (Lipinski definition) is 1. The van der Waals surface area contributed by atoms with Gasteiger partial charge >= 0.3 is 5.88 Å². The molecule has 7 rings (SSSR count). The van der Waals surface area contributed by atoms with E-state index in [2.05, 4.69) is 28.5 Å². The van der Waals surface area contributed by atoms with E-state index in [0.29, 0.717) is 33.4 Å². The van der Waals surface area contributed by atoms with Gasteiger partial charge in [0.15, 0.2) is 6.04 Å². The van der Waals surface area contributed by atoms with Gasteiger partial charge in [0.25, 0.3) is 6.20 Å². The second kappa shape index (κ2) is 9.90. The van der Waals surface area contributed by atoms with E-state index in [1.807, 2.05) is 48.5 Å². The highest BCUT2D eigenvalue weighted by molar-refractivity contribution is 7.21. The van der Waals surface area contributed by atoms with Gasteiger partial charge in [0.05, 0.1) is 30.5 Å². The first kappa shape index (κ1) is 25.0. The summed E-state index contributed by atoms with van der Waals surface area (Å²) in [7, 11) is 3.22. The van der Waals surface area contributed by atoms with Gasteiger partial charge in [0, 0.05) is 41.3 Å². The van der Waals surface area contributed by atoms with Crippen LogP contribution in [0, 0.1) is 0 Å². The maximum Gasteiger partial charge on any atom is 0.320 e. The Morgan fingerprint density at radius 1 is 1.02 bits per heavy atom. The molecule has 0 saturated heterocycles. The van der Waals surface area contributed by atoms with Gasteiger partial charge in [-0.3, -0.25) is 4.52 Å². The molecule has 0 bridgehead atoms. The van der Waals surface area contributed by atoms with Crippen molar-refractivity contribution in [2.75, 3.05) is 20.0 Å². The standard InChI is InChI=1S/C31H25N5O4S/c1-38-19-12-13-22(25(14-19)39-2)23-15-24(21-9-5-7-17-6-3-4-8-20(17)21)33-31-27(23)28(32)29(41-31)30(37)34-26-16-36(35-40-26)18-10-11-18/h3-9,12-16,18H,10-11H2,1-2H3,(H2-,32,34,35,37). The topological polar surface area (TPSA) is 123 Å². The number of anilines is 1. The number of nitrogens with zero attached hydrogens (tertiary/aromatic N) is 4. The number of aliphatic imine (C=N–C) groups is 1. The Kier molecular flexibility index (Phi) is 6.05. The minimum absolute atomic E-state index is 0.139. The number of benzene rings is 3. The highest BCUT2D eigenvalue weighted by Crippen LogP contribution is 2.45. The van der Waals surface area contributed by atoms with Crippen LogP contribution in [-0.2, 0) is 0 Å². The van der Waals surface area contributed by atoms with Crippen LogP contribution in [0.4, 0.5) is 11.6 Å². The van der Waals surface area contributed by atoms with Gasteiger partial charge < -0.3 is 20.3 Å². The van der Waals surface area contributed by atoms with E-state index >= 15 is 0 Å². The second-order valence-corrected chi connectivity index (χ2v) is 10.8. The first-order valence-electron chi connectivity index (χ1n) is 13.1. The summed E-state index contributed by atoms with van der Waals surface area (Å²) < 4.78 is 18.2. The Morgan fingerprint density at radius 2 is 1.85 bits per heavy atom. The van der Waals surface area contributed by atoms with Crippen LogP contribution in [0.1, 0.15) is 23.8 Å². The van der Waals surface area contributed by atoms with Crippen molar-refractivity contribution in [3.05, 3.63) is 77.8 Å². The SMILES string of the molecule is COc1ccc(-c2cc(-c3cccc4ccccc34)nc3sc(/C([O-])=N/c4c[n+](C5CC5)no4)c(N)c23)c(OC)c1. The summed E-state index contributed by atoms with van der Waals surface area (Å²) in [6.45, 7) is 0. The number of aromatic nitrogens is 3. The molecule has 204 valence electrons. The van der Waals surface area contributed by atoms with E-state index in [1.165, 1.54) is 11.3 Å². The van der Waals surface area contributed by atoms with E-state index in [0.717, 1.165) is 46.0 Å². The van der Waals surface area contributed by atoms with Gasteiger partial charge in [-0.2, -0.15) is 0 Å². The highest BCUT2D eigenvalue weighted by Gasteiger charge is 2.35. The molecule has 1 aliphatic carbocycles. The average molecular weight is 564 g/mol. The van der Waals surface area contributed by atoms with Gasteiger partial charge in [-0.05, 0) is 39.2 Å². The smallest absolute Gasteiger partial charge is 0.320 e. The van der Waals surface area contributed by atoms with Crippen LogP contribution in [0.25, 0.3) is 43.4 Å². The first-order chi connectivity index (χ1) is 20.0. The molecule has 3 aromatic carbocycles. The monoisotopic (exact) mass is 563 g/mol. The third-order valence-electron chi connectivity index (χ3n) is 7.26. The number of rotatable bonds is 7. The summed E-state index contributed by atoms with van der Waals surface area (Å²) in [6.07, 6.45) is 3.72. The predicted octanol–water partition coefficient (Wildman–Crippen LogP) is 5.43. The molecule has 3 aromatic heterocycles. The van der Waals surface area contributed by atoms with Crippen molar-refractivity contribution >= 4 is 49.8 Å². The minimum atomic E-state index is -0.510. The van der Waals surface area contributed by atoms with Crippen LogP contribution in [0.15, 0.2) is 82.4 Å². The summed E-state index contributed by atoms with van der Waals surface area (Å²) in [5, 5.41) is 20.2. The summed E-state index contributed by atoms with van der Waals surface area (Å²) in [5.41, 5.74) is 10.3. The average Bonchev–Trinajstić information content (AvgIpc) is 3.66. The van der Waals surface area contributed by atoms with Crippen molar-refractivity contribution in [2.24, 2.45) is 4.99 Å². The number of nitrogen functional groups attached to an aromatic ring is 1. The van der Waals surface area contributed by atoms with E-state index in [-0.39, 0.29) is 10.8 Å². The third-order valence-corrected chi connectivity index (χ3v) is 8.35. The summed E-state index contributed by atoms with van der Waals surface area (Å²) >= 11 is 1.21. The summed E-state index contributed by atoms with van der Waals surface area (Å²) in [6, 6.07) is 22.2. The number of thiophene rings is 1. The molecule has 1 saturated carbocycles. The number of fused-ring (bicyclic) bond motifs is 2. The molecule has 2 N–H and O–H groups in total. The lowest BCUT2D eigenvalue weighted by Gasteiger charge is -2.14. The largest absolute Gasteiger partial charge is 0.857 e. The highest BCUT2D eigenvalue weighted by atomic mass is 32.1. The van der Waals surface area contributed by atoms with Crippen molar-refractivity contribution in [3.8, 4) is 33.9 Å². The molecule has 0 amide bonds. The number of hydrogen-bond acceptors (Lipinski definition) is 9. The molecule has 0 spiro atoms. The molecule has 1 fully saturated rings. The van der Waals surface area contributed by atoms with E-state index < -0.39 is 5.90 Å². The molecule has 3 heterocycles. The fourth-order valence-electron chi connectivity index (χ4n) is 5.06. The zero-order chi connectivity index (χ0) is 28.1. The molecule has 0 unspecified atom stereocenters. The van der Waals surface area contributed by atoms with Crippen LogP contribution in [0.3, 0.4) is 0 Å². The van der Waals surface area contributed by atoms with Crippen molar-refractivity contribution in [1.82, 2.24) is 10.3 Å². The fraction of sp³-hybridized carbons (Fsp3) is 0.161. The Bertz CT molecular complexity index is 1970. The fourth-order valence-corrected chi connectivity index (χ4v) is 6.06. The second-order valence-electron chi connectivity index (χ2n) is 9.84. The molecule has 6 aromatic rings.